The van der Waals surface area contributed by atoms with Crippen LogP contribution in [0.1, 0.15) is 0 Å². The Balaban J connectivity index is -0.000000107. The van der Waals surface area contributed by atoms with Gasteiger partial charge in [0.15, 0.2) is 0 Å². The Morgan fingerprint density at radius 1 is 0.455 bits per heavy atom. The topological polar surface area (TPSA) is 162 Å². The van der Waals surface area contributed by atoms with Crippen LogP contribution in [0.15, 0.2) is 0 Å². The monoisotopic (exact) mass is 277 g/mol. The van der Waals surface area contributed by atoms with Crippen LogP contribution in [0.3, 0.4) is 0 Å². The summed E-state index contributed by atoms with van der Waals surface area (Å²) >= 11 is 0. The van der Waals surface area contributed by atoms with Gasteiger partial charge in [-0.2, -0.15) is 0 Å². The van der Waals surface area contributed by atoms with Crippen molar-refractivity contribution in [3.63, 3.8) is 0 Å². The van der Waals surface area contributed by atoms with E-state index in [9.17, 15) is 0 Å². The Bertz CT molecular complexity index is 55.1. The van der Waals surface area contributed by atoms with E-state index >= 15 is 0 Å². The molecular formula is H8O8RbSi2. The summed E-state index contributed by atoms with van der Waals surface area (Å²) in [6.07, 6.45) is 0. The van der Waals surface area contributed by atoms with Crippen molar-refractivity contribution in [2.45, 2.75) is 0 Å². The summed E-state index contributed by atoms with van der Waals surface area (Å²) in [6, 6.07) is 0. The van der Waals surface area contributed by atoms with Crippen molar-refractivity contribution in [2.24, 2.45) is 0 Å². The quantitative estimate of drug-likeness (QED) is 0.203. The Labute approximate surface area is 113 Å². The molecule has 0 bridgehead atoms. The molecule has 65 valence electrons. The minimum atomic E-state index is -4.61. The third-order valence-electron chi connectivity index (χ3n) is 0. The van der Waals surface area contributed by atoms with Crippen LogP contribution in [0.2, 0.25) is 0 Å². The van der Waals surface area contributed by atoms with Crippen LogP contribution in [0.5, 0.6) is 0 Å². The van der Waals surface area contributed by atoms with Gasteiger partial charge in [0.2, 0.25) is 0 Å². The fourth-order valence-electron chi connectivity index (χ4n) is 0. The first kappa shape index (κ1) is 18.7. The van der Waals surface area contributed by atoms with Gasteiger partial charge in [-0.05, 0) is 0 Å². The van der Waals surface area contributed by atoms with E-state index in [4.69, 9.17) is 38.4 Å². The Hall–Kier alpha value is 1.92. The molecule has 0 amide bonds. The molecule has 0 aromatic carbocycles. The van der Waals surface area contributed by atoms with Crippen LogP contribution in [0.25, 0.3) is 0 Å². The molecule has 0 atom stereocenters. The normalized spacial score (nSPS) is 10.9. The van der Waals surface area contributed by atoms with Crippen LogP contribution in [-0.2, 0) is 0 Å². The van der Waals surface area contributed by atoms with Gasteiger partial charge in [0.05, 0.1) is 0 Å². The van der Waals surface area contributed by atoms with Gasteiger partial charge in [0.25, 0.3) is 0 Å². The average molecular weight is 278 g/mol. The molecule has 0 unspecified atom stereocenters. The van der Waals surface area contributed by atoms with E-state index in [2.05, 4.69) is 0 Å². The molecule has 0 aliphatic rings. The van der Waals surface area contributed by atoms with Gasteiger partial charge in [0.1, 0.15) is 0 Å². The van der Waals surface area contributed by atoms with Crippen molar-refractivity contribution >= 4 is 76.3 Å². The summed E-state index contributed by atoms with van der Waals surface area (Å²) < 4.78 is 0. The van der Waals surface area contributed by atoms with E-state index in [1.807, 2.05) is 0 Å². The van der Waals surface area contributed by atoms with Crippen LogP contribution < -0.4 is 0 Å². The number of hydrogen-bond donors (Lipinski definition) is 8. The molecule has 11 heteroatoms. The molecule has 0 spiro atoms. The van der Waals surface area contributed by atoms with Crippen LogP contribution in [0, 0.1) is 0 Å². The van der Waals surface area contributed by atoms with Crippen molar-refractivity contribution in [1.82, 2.24) is 0 Å². The first-order valence-corrected chi connectivity index (χ1v) is 5.37. The molecular weight excluding hydrogens is 270 g/mol. The molecule has 0 saturated carbocycles. The first-order valence-electron chi connectivity index (χ1n) is 1.79. The predicted octanol–water partition coefficient (Wildman–Crippen LogP) is -5.60. The minimum Gasteiger partial charge on any atom is -0.368 e. The van der Waals surface area contributed by atoms with E-state index in [0.29, 0.717) is 0 Å². The summed E-state index contributed by atoms with van der Waals surface area (Å²) in [4.78, 5) is 58.6. The Morgan fingerprint density at radius 3 is 0.455 bits per heavy atom. The van der Waals surface area contributed by atoms with Crippen LogP contribution >= 0.6 is 0 Å². The molecule has 11 heavy (non-hydrogen) atoms. The fraction of sp³-hybridized carbons (Fsp3) is 0. The summed E-state index contributed by atoms with van der Waals surface area (Å²) in [5.41, 5.74) is 0. The first-order chi connectivity index (χ1) is 4.00. The van der Waals surface area contributed by atoms with Gasteiger partial charge in [0, 0.05) is 58.2 Å². The van der Waals surface area contributed by atoms with Crippen molar-refractivity contribution < 1.29 is 38.4 Å². The zero-order valence-electron chi connectivity index (χ0n) is 5.58. The summed E-state index contributed by atoms with van der Waals surface area (Å²) in [5, 5.41) is 0. The molecule has 0 aliphatic heterocycles. The second-order valence-corrected chi connectivity index (χ2v) is 3.60. The molecule has 0 rings (SSSR count). The van der Waals surface area contributed by atoms with Crippen molar-refractivity contribution in [2.75, 3.05) is 0 Å². The molecule has 1 radical (unpaired) electrons. The zero-order valence-corrected chi connectivity index (χ0v) is 12.5. The van der Waals surface area contributed by atoms with Crippen LogP contribution in [0.4, 0.5) is 0 Å². The van der Waals surface area contributed by atoms with E-state index in [0.717, 1.165) is 0 Å². The van der Waals surface area contributed by atoms with Gasteiger partial charge >= 0.3 is 18.1 Å². The minimum absolute atomic E-state index is 0. The molecule has 8 nitrogen and oxygen atoms in total. The van der Waals surface area contributed by atoms with Gasteiger partial charge in [-0.15, -0.1) is 0 Å². The van der Waals surface area contributed by atoms with Gasteiger partial charge in [-0.3, -0.25) is 0 Å². The molecule has 0 aromatic heterocycles. The van der Waals surface area contributed by atoms with E-state index in [-0.39, 0.29) is 58.2 Å². The maximum Gasteiger partial charge on any atom is 0.668 e. The van der Waals surface area contributed by atoms with Gasteiger partial charge in [-0.1, -0.05) is 0 Å². The van der Waals surface area contributed by atoms with E-state index < -0.39 is 18.1 Å². The molecule has 0 fully saturated rings. The Morgan fingerprint density at radius 2 is 0.455 bits per heavy atom. The SMILES string of the molecule is O[Si](O)(O)O.O[Si](O)(O)O.[Rb]. The van der Waals surface area contributed by atoms with Gasteiger partial charge in [-0.25, -0.2) is 0 Å². The molecule has 0 aliphatic carbocycles. The zero-order chi connectivity index (χ0) is 9.00. The van der Waals surface area contributed by atoms with E-state index in [1.165, 1.54) is 0 Å². The van der Waals surface area contributed by atoms with Crippen molar-refractivity contribution in [1.29, 1.82) is 0 Å². The second kappa shape index (κ2) is 7.33. The number of rotatable bonds is 0. The standard InChI is InChI=1S/2H4O4Si.Rb/c2*1-5(2,3)4;/h2*1-4H;. The van der Waals surface area contributed by atoms with Crippen molar-refractivity contribution in [3.05, 3.63) is 0 Å². The summed E-state index contributed by atoms with van der Waals surface area (Å²) in [5.74, 6) is 0. The van der Waals surface area contributed by atoms with Crippen molar-refractivity contribution in [3.8, 4) is 0 Å². The smallest absolute Gasteiger partial charge is 0.368 e. The predicted molar refractivity (Wildman–Crippen MR) is 35.0 cm³/mol. The largest absolute Gasteiger partial charge is 0.668 e. The molecule has 0 saturated heterocycles. The third-order valence-corrected chi connectivity index (χ3v) is 0. The average Bonchev–Trinajstić information content (AvgIpc) is 1.12. The van der Waals surface area contributed by atoms with Crippen LogP contribution in [-0.4, -0.2) is 115 Å². The Kier molecular flexibility index (Phi) is 12.4. The summed E-state index contributed by atoms with van der Waals surface area (Å²) in [7, 11) is -9.22. The summed E-state index contributed by atoms with van der Waals surface area (Å²) in [6.45, 7) is 0. The maximum absolute atomic E-state index is 7.33. The number of hydrogen-bond acceptors (Lipinski definition) is 8. The maximum atomic E-state index is 7.33. The second-order valence-electron chi connectivity index (χ2n) is 1.20. The molecule has 0 heterocycles. The molecule has 8 N–H and O–H groups in total. The van der Waals surface area contributed by atoms with Gasteiger partial charge < -0.3 is 38.4 Å². The molecule has 0 aromatic rings. The third kappa shape index (κ3) is 318. The van der Waals surface area contributed by atoms with E-state index in [1.54, 1.807) is 0 Å². The fourth-order valence-corrected chi connectivity index (χ4v) is 0.